The minimum Gasteiger partial charge on any atom is -0.501 e. The zero-order valence-electron chi connectivity index (χ0n) is 11.9. The third-order valence-corrected chi connectivity index (χ3v) is 3.44. The van der Waals surface area contributed by atoms with Gasteiger partial charge in [0, 0.05) is 11.8 Å². The van der Waals surface area contributed by atoms with Crippen LogP contribution in [-0.4, -0.2) is 11.6 Å². The minimum absolute atomic E-state index is 0.446. The smallest absolute Gasteiger partial charge is 0.0876 e. The number of hydrogen-bond donors (Lipinski definition) is 0. The third kappa shape index (κ3) is 2.58. The van der Waals surface area contributed by atoms with E-state index in [1.807, 2.05) is 12.5 Å². The van der Waals surface area contributed by atoms with E-state index in [1.54, 1.807) is 0 Å². The zero-order valence-corrected chi connectivity index (χ0v) is 11.9. The molecule has 2 nitrogen and oxygen atoms in total. The first-order chi connectivity index (χ1) is 8.61. The molecule has 1 aromatic rings. The molecule has 0 radical (unpaired) electrons. The molecule has 2 heteroatoms. The fraction of sp³-hybridized carbons (Fsp3) is 0.562. The molecule has 0 unspecified atom stereocenters. The van der Waals surface area contributed by atoms with Crippen LogP contribution in [0.25, 0.3) is 5.57 Å². The first kappa shape index (κ1) is 13.1. The summed E-state index contributed by atoms with van der Waals surface area (Å²) in [5, 5.41) is 0. The van der Waals surface area contributed by atoms with Crippen molar-refractivity contribution in [1.82, 2.24) is 4.98 Å². The van der Waals surface area contributed by atoms with Crippen LogP contribution < -0.4 is 0 Å². The Balaban J connectivity index is 2.60. The van der Waals surface area contributed by atoms with Gasteiger partial charge < -0.3 is 4.74 Å². The molecule has 98 valence electrons. The summed E-state index contributed by atoms with van der Waals surface area (Å²) in [5.41, 5.74) is 5.26. The monoisotopic (exact) mass is 245 g/mol. The van der Waals surface area contributed by atoms with E-state index in [2.05, 4.69) is 38.7 Å². The van der Waals surface area contributed by atoms with Gasteiger partial charge in [-0.25, -0.2) is 0 Å². The quantitative estimate of drug-likeness (QED) is 0.780. The minimum atomic E-state index is 0.446. The number of rotatable bonds is 2. The normalized spacial score (nSPS) is 18.7. The second kappa shape index (κ2) is 5.55. The van der Waals surface area contributed by atoms with Crippen LogP contribution in [-0.2, 0) is 11.2 Å². The van der Waals surface area contributed by atoms with Crippen LogP contribution in [0.15, 0.2) is 18.5 Å². The lowest BCUT2D eigenvalue weighted by molar-refractivity contribution is 0.243. The molecular formula is C16H23NO. The van der Waals surface area contributed by atoms with Gasteiger partial charge in [-0.15, -0.1) is 0 Å². The van der Waals surface area contributed by atoms with Gasteiger partial charge in [-0.05, 0) is 41.9 Å². The molecule has 0 amide bonds. The van der Waals surface area contributed by atoms with Crippen molar-refractivity contribution < 1.29 is 4.74 Å². The fourth-order valence-electron chi connectivity index (χ4n) is 2.48. The van der Waals surface area contributed by atoms with Gasteiger partial charge in [0.05, 0.1) is 18.6 Å². The molecule has 0 bridgehead atoms. The summed E-state index contributed by atoms with van der Waals surface area (Å²) in [6.07, 6.45) is 6.07. The van der Waals surface area contributed by atoms with Gasteiger partial charge in [0.1, 0.15) is 0 Å². The summed E-state index contributed by atoms with van der Waals surface area (Å²) in [6, 6.07) is 2.17. The molecule has 1 aliphatic rings. The van der Waals surface area contributed by atoms with Crippen LogP contribution in [0.1, 0.15) is 56.9 Å². The maximum Gasteiger partial charge on any atom is 0.0876 e. The molecule has 2 heterocycles. The average Bonchev–Trinajstić information content (AvgIpc) is 2.28. The van der Waals surface area contributed by atoms with Crippen molar-refractivity contribution in [2.75, 3.05) is 6.61 Å². The summed E-state index contributed by atoms with van der Waals surface area (Å²) < 4.78 is 5.65. The van der Waals surface area contributed by atoms with Crippen molar-refractivity contribution in [3.8, 4) is 0 Å². The molecule has 0 aromatic carbocycles. The second-order valence-corrected chi connectivity index (χ2v) is 5.59. The van der Waals surface area contributed by atoms with Gasteiger partial charge in [-0.2, -0.15) is 0 Å². The highest BCUT2D eigenvalue weighted by molar-refractivity contribution is 5.71. The summed E-state index contributed by atoms with van der Waals surface area (Å²) in [7, 11) is 0. The number of nitrogens with zero attached hydrogens (tertiary/aromatic N) is 1. The standard InChI is InChI=1S/C16H23NO/c1-11(2)14-10-18-9-5-6-13-7-8-17-16(12(3)4)15(13)14/h7-8,10-12H,5-6,9H2,1-4H3/b14-10-. The molecule has 1 aromatic heterocycles. The predicted molar refractivity (Wildman–Crippen MR) is 75.4 cm³/mol. The highest BCUT2D eigenvalue weighted by Gasteiger charge is 2.20. The Labute approximate surface area is 110 Å². The molecule has 0 saturated heterocycles. The number of aryl methyl sites for hydroxylation is 1. The summed E-state index contributed by atoms with van der Waals surface area (Å²) in [4.78, 5) is 4.60. The van der Waals surface area contributed by atoms with E-state index in [0.717, 1.165) is 19.4 Å². The van der Waals surface area contributed by atoms with E-state index in [0.29, 0.717) is 11.8 Å². The molecule has 1 aliphatic heterocycles. The van der Waals surface area contributed by atoms with Gasteiger partial charge >= 0.3 is 0 Å². The van der Waals surface area contributed by atoms with E-state index < -0.39 is 0 Å². The average molecular weight is 245 g/mol. The van der Waals surface area contributed by atoms with E-state index in [-0.39, 0.29) is 0 Å². The van der Waals surface area contributed by atoms with Crippen molar-refractivity contribution in [2.45, 2.75) is 46.5 Å². The summed E-state index contributed by atoms with van der Waals surface area (Å²) in [6.45, 7) is 9.67. The molecule has 0 aliphatic carbocycles. The van der Waals surface area contributed by atoms with E-state index in [1.165, 1.54) is 22.4 Å². The number of aromatic nitrogens is 1. The summed E-state index contributed by atoms with van der Waals surface area (Å²) in [5.74, 6) is 0.907. The highest BCUT2D eigenvalue weighted by Crippen LogP contribution is 2.33. The van der Waals surface area contributed by atoms with Crippen molar-refractivity contribution in [3.05, 3.63) is 35.3 Å². The first-order valence-electron chi connectivity index (χ1n) is 6.91. The van der Waals surface area contributed by atoms with Crippen LogP contribution in [0.3, 0.4) is 0 Å². The van der Waals surface area contributed by atoms with Crippen LogP contribution in [0.5, 0.6) is 0 Å². The lowest BCUT2D eigenvalue weighted by atomic mass is 9.86. The first-order valence-corrected chi connectivity index (χ1v) is 6.91. The Morgan fingerprint density at radius 2 is 1.94 bits per heavy atom. The number of ether oxygens (including phenoxy) is 1. The van der Waals surface area contributed by atoms with Gasteiger partial charge in [0.15, 0.2) is 0 Å². The Hall–Kier alpha value is -1.31. The number of hydrogen-bond acceptors (Lipinski definition) is 2. The van der Waals surface area contributed by atoms with E-state index in [4.69, 9.17) is 4.74 Å². The fourth-order valence-corrected chi connectivity index (χ4v) is 2.48. The summed E-state index contributed by atoms with van der Waals surface area (Å²) >= 11 is 0. The van der Waals surface area contributed by atoms with E-state index >= 15 is 0 Å². The third-order valence-electron chi connectivity index (χ3n) is 3.44. The Morgan fingerprint density at radius 1 is 1.17 bits per heavy atom. The molecule has 0 N–H and O–H groups in total. The number of pyridine rings is 1. The van der Waals surface area contributed by atoms with Crippen molar-refractivity contribution >= 4 is 5.57 Å². The number of fused-ring (bicyclic) bond motifs is 1. The highest BCUT2D eigenvalue weighted by atomic mass is 16.5. The predicted octanol–water partition coefficient (Wildman–Crippen LogP) is 4.16. The largest absolute Gasteiger partial charge is 0.501 e. The van der Waals surface area contributed by atoms with Crippen molar-refractivity contribution in [1.29, 1.82) is 0 Å². The zero-order chi connectivity index (χ0) is 13.1. The van der Waals surface area contributed by atoms with E-state index in [9.17, 15) is 0 Å². The second-order valence-electron chi connectivity index (χ2n) is 5.59. The van der Waals surface area contributed by atoms with Gasteiger partial charge in [0.2, 0.25) is 0 Å². The van der Waals surface area contributed by atoms with Crippen molar-refractivity contribution in [3.63, 3.8) is 0 Å². The molecule has 0 atom stereocenters. The molecule has 2 rings (SSSR count). The van der Waals surface area contributed by atoms with Crippen LogP contribution in [0.2, 0.25) is 0 Å². The molecule has 0 fully saturated rings. The Bertz CT molecular complexity index is 446. The van der Waals surface area contributed by atoms with Crippen LogP contribution >= 0.6 is 0 Å². The van der Waals surface area contributed by atoms with Gasteiger partial charge in [-0.3, -0.25) is 4.98 Å². The number of allylic oxidation sites excluding steroid dienone is 1. The van der Waals surface area contributed by atoms with Gasteiger partial charge in [-0.1, -0.05) is 27.7 Å². The Morgan fingerprint density at radius 3 is 2.61 bits per heavy atom. The maximum atomic E-state index is 5.65. The topological polar surface area (TPSA) is 22.1 Å². The molecule has 0 spiro atoms. The SMILES string of the molecule is CC(C)/C1=C/OCCCc2ccnc(C(C)C)c21. The maximum absolute atomic E-state index is 5.65. The van der Waals surface area contributed by atoms with Crippen LogP contribution in [0, 0.1) is 5.92 Å². The van der Waals surface area contributed by atoms with Gasteiger partial charge in [0.25, 0.3) is 0 Å². The lowest BCUT2D eigenvalue weighted by Gasteiger charge is -2.23. The van der Waals surface area contributed by atoms with Crippen LogP contribution in [0.4, 0.5) is 0 Å². The molecule has 0 saturated carbocycles. The Kier molecular flexibility index (Phi) is 4.05. The lowest BCUT2D eigenvalue weighted by Crippen LogP contribution is -2.10. The molecular weight excluding hydrogens is 222 g/mol. The van der Waals surface area contributed by atoms with Crippen molar-refractivity contribution in [2.24, 2.45) is 5.92 Å². The molecule has 18 heavy (non-hydrogen) atoms.